The molecule has 6 nitrogen and oxygen atoms in total. The molecule has 0 aromatic carbocycles. The number of pyridine rings is 1. The zero-order chi connectivity index (χ0) is 16.1. The smallest absolute Gasteiger partial charge is 0.261 e. The highest BCUT2D eigenvalue weighted by molar-refractivity contribution is 7.12. The summed E-state index contributed by atoms with van der Waals surface area (Å²) in [6.45, 7) is 1.74. The van der Waals surface area contributed by atoms with Gasteiger partial charge in [-0.15, -0.1) is 11.3 Å². The molecule has 1 saturated heterocycles. The van der Waals surface area contributed by atoms with Crippen LogP contribution in [0, 0.1) is 0 Å². The monoisotopic (exact) mass is 334 g/mol. The van der Waals surface area contributed by atoms with Gasteiger partial charge in [0.15, 0.2) is 0 Å². The molecule has 1 fully saturated rings. The highest BCUT2D eigenvalue weighted by Gasteiger charge is 2.17. The Kier molecular flexibility index (Phi) is 5.09. The quantitative estimate of drug-likeness (QED) is 0.877. The van der Waals surface area contributed by atoms with Gasteiger partial charge < -0.3 is 19.5 Å². The van der Waals surface area contributed by atoms with E-state index in [1.807, 2.05) is 12.1 Å². The van der Waals surface area contributed by atoms with Crippen LogP contribution in [0.3, 0.4) is 0 Å². The van der Waals surface area contributed by atoms with E-state index in [0.717, 1.165) is 18.6 Å². The molecule has 1 N–H and O–H groups in total. The largest absolute Gasteiger partial charge is 0.496 e. The molecule has 0 aliphatic carbocycles. The summed E-state index contributed by atoms with van der Waals surface area (Å²) in [6, 6.07) is 5.42. The summed E-state index contributed by atoms with van der Waals surface area (Å²) < 4.78 is 16.1. The van der Waals surface area contributed by atoms with Crippen molar-refractivity contribution in [1.29, 1.82) is 0 Å². The minimum absolute atomic E-state index is 0.0610. The summed E-state index contributed by atoms with van der Waals surface area (Å²) in [5, 5.41) is 4.68. The maximum absolute atomic E-state index is 12.1. The second kappa shape index (κ2) is 7.43. The first-order chi connectivity index (χ1) is 11.2. The number of nitrogens with zero attached hydrogens (tertiary/aromatic N) is 1. The second-order valence-electron chi connectivity index (χ2n) is 5.14. The van der Waals surface area contributed by atoms with Gasteiger partial charge in [0.05, 0.1) is 25.2 Å². The van der Waals surface area contributed by atoms with E-state index in [1.54, 1.807) is 24.8 Å². The minimum Gasteiger partial charge on any atom is -0.496 e. The van der Waals surface area contributed by atoms with Gasteiger partial charge in [0, 0.05) is 36.7 Å². The van der Waals surface area contributed by atoms with E-state index < -0.39 is 0 Å². The van der Waals surface area contributed by atoms with Crippen LogP contribution in [0.4, 0.5) is 0 Å². The van der Waals surface area contributed by atoms with Crippen LogP contribution in [0.15, 0.2) is 29.8 Å². The predicted molar refractivity (Wildman–Crippen MR) is 86.1 cm³/mol. The van der Waals surface area contributed by atoms with Gasteiger partial charge in [-0.1, -0.05) is 0 Å². The van der Waals surface area contributed by atoms with Crippen LogP contribution in [0.1, 0.15) is 21.7 Å². The molecular formula is C16H18N2O4S. The zero-order valence-electron chi connectivity index (χ0n) is 12.8. The van der Waals surface area contributed by atoms with Crippen LogP contribution in [0.5, 0.6) is 11.6 Å². The molecule has 1 aliphatic heterocycles. The molecule has 1 aliphatic rings. The number of carbonyl (C=O) groups is 1. The fourth-order valence-electron chi connectivity index (χ4n) is 2.22. The third-order valence-corrected chi connectivity index (χ3v) is 4.37. The first-order valence-corrected chi connectivity index (χ1v) is 8.22. The fraction of sp³-hybridized carbons (Fsp3) is 0.375. The van der Waals surface area contributed by atoms with Crippen molar-refractivity contribution >= 4 is 17.2 Å². The van der Waals surface area contributed by atoms with Crippen molar-refractivity contribution in [2.24, 2.45) is 0 Å². The molecular weight excluding hydrogens is 316 g/mol. The molecule has 0 bridgehead atoms. The van der Waals surface area contributed by atoms with E-state index in [2.05, 4.69) is 10.3 Å². The summed E-state index contributed by atoms with van der Waals surface area (Å²) in [7, 11) is 1.58. The molecule has 23 heavy (non-hydrogen) atoms. The van der Waals surface area contributed by atoms with E-state index in [0.29, 0.717) is 29.7 Å². The van der Waals surface area contributed by atoms with Crippen molar-refractivity contribution in [3.63, 3.8) is 0 Å². The Balaban J connectivity index is 1.56. The van der Waals surface area contributed by atoms with Crippen LogP contribution in [-0.4, -0.2) is 37.3 Å². The number of carbonyl (C=O) groups excluding carboxylic acids is 1. The number of aromatic nitrogens is 1. The molecule has 0 radical (unpaired) electrons. The van der Waals surface area contributed by atoms with Gasteiger partial charge in [0.1, 0.15) is 11.9 Å². The number of amides is 1. The van der Waals surface area contributed by atoms with Gasteiger partial charge in [-0.3, -0.25) is 4.79 Å². The predicted octanol–water partition coefficient (Wildman–Crippen LogP) is 2.25. The van der Waals surface area contributed by atoms with Crippen molar-refractivity contribution in [3.8, 4) is 11.6 Å². The molecule has 1 unspecified atom stereocenters. The molecule has 1 amide bonds. The summed E-state index contributed by atoms with van der Waals surface area (Å²) in [6.07, 6.45) is 2.62. The molecule has 2 aromatic rings. The topological polar surface area (TPSA) is 69.7 Å². The summed E-state index contributed by atoms with van der Waals surface area (Å²) in [4.78, 5) is 16.9. The molecule has 0 spiro atoms. The summed E-state index contributed by atoms with van der Waals surface area (Å²) >= 11 is 1.35. The number of methoxy groups -OCH3 is 1. The minimum atomic E-state index is -0.123. The Morgan fingerprint density at radius 2 is 2.43 bits per heavy atom. The number of thiophene rings is 1. The third kappa shape index (κ3) is 4.20. The van der Waals surface area contributed by atoms with E-state index in [4.69, 9.17) is 14.2 Å². The van der Waals surface area contributed by atoms with E-state index >= 15 is 0 Å². The number of nitrogens with one attached hydrogen (secondary N) is 1. The Hall–Kier alpha value is -2.12. The maximum atomic E-state index is 12.1. The van der Waals surface area contributed by atoms with E-state index in [1.165, 1.54) is 11.3 Å². The van der Waals surface area contributed by atoms with Crippen molar-refractivity contribution in [2.75, 3.05) is 20.3 Å². The number of hydrogen-bond donors (Lipinski definition) is 1. The number of hydrogen-bond acceptors (Lipinski definition) is 6. The molecule has 3 rings (SSSR count). The van der Waals surface area contributed by atoms with Crippen LogP contribution >= 0.6 is 11.3 Å². The Labute approximate surface area is 138 Å². The lowest BCUT2D eigenvalue weighted by Gasteiger charge is -2.11. The van der Waals surface area contributed by atoms with Gasteiger partial charge in [-0.2, -0.15) is 0 Å². The Morgan fingerprint density at radius 1 is 1.52 bits per heavy atom. The molecule has 2 aromatic heterocycles. The van der Waals surface area contributed by atoms with Crippen LogP contribution in [-0.2, 0) is 11.3 Å². The second-order valence-corrected chi connectivity index (χ2v) is 6.05. The lowest BCUT2D eigenvalue weighted by Crippen LogP contribution is -2.22. The summed E-state index contributed by atoms with van der Waals surface area (Å²) in [5.41, 5.74) is 0.936. The number of ether oxygens (including phenoxy) is 3. The van der Waals surface area contributed by atoms with Crippen LogP contribution < -0.4 is 14.8 Å². The third-order valence-electron chi connectivity index (χ3n) is 3.46. The first kappa shape index (κ1) is 15.8. The maximum Gasteiger partial charge on any atom is 0.261 e. The molecule has 3 heterocycles. The zero-order valence-corrected chi connectivity index (χ0v) is 13.6. The van der Waals surface area contributed by atoms with Gasteiger partial charge in [-0.05, 0) is 11.6 Å². The van der Waals surface area contributed by atoms with Crippen molar-refractivity contribution < 1.29 is 19.0 Å². The molecule has 1 atom stereocenters. The van der Waals surface area contributed by atoms with Crippen molar-refractivity contribution in [1.82, 2.24) is 10.3 Å². The lowest BCUT2D eigenvalue weighted by atomic mass is 10.2. The molecule has 0 saturated carbocycles. The van der Waals surface area contributed by atoms with Crippen molar-refractivity contribution in [3.05, 3.63) is 40.2 Å². The first-order valence-electron chi connectivity index (χ1n) is 7.34. The highest BCUT2D eigenvalue weighted by Crippen LogP contribution is 2.21. The standard InChI is InChI=1S/C16H18N2O4S/c1-20-13-7-14(23-10-13)16(19)18-8-11-2-4-17-15(6-11)22-12-3-5-21-9-12/h2,4,6-7,10,12H,3,5,8-9H2,1H3,(H,18,19). The van der Waals surface area contributed by atoms with E-state index in [-0.39, 0.29) is 12.0 Å². The van der Waals surface area contributed by atoms with Gasteiger partial charge in [-0.25, -0.2) is 4.98 Å². The Morgan fingerprint density at radius 3 is 3.17 bits per heavy atom. The van der Waals surface area contributed by atoms with Gasteiger partial charge >= 0.3 is 0 Å². The SMILES string of the molecule is COc1csc(C(=O)NCc2ccnc(OC3CCOC3)c2)c1. The van der Waals surface area contributed by atoms with Crippen molar-refractivity contribution in [2.45, 2.75) is 19.1 Å². The summed E-state index contributed by atoms with van der Waals surface area (Å²) in [5.74, 6) is 1.13. The van der Waals surface area contributed by atoms with E-state index in [9.17, 15) is 4.79 Å². The average Bonchev–Trinajstić information content (AvgIpc) is 3.24. The Bertz CT molecular complexity index is 668. The molecule has 122 valence electrons. The lowest BCUT2D eigenvalue weighted by molar-refractivity contribution is 0.0954. The van der Waals surface area contributed by atoms with Gasteiger partial charge in [0.2, 0.25) is 5.88 Å². The average molecular weight is 334 g/mol. The van der Waals surface area contributed by atoms with Crippen LogP contribution in [0.25, 0.3) is 0 Å². The highest BCUT2D eigenvalue weighted by atomic mass is 32.1. The van der Waals surface area contributed by atoms with Gasteiger partial charge in [0.25, 0.3) is 5.91 Å². The fourth-order valence-corrected chi connectivity index (χ4v) is 2.99. The van der Waals surface area contributed by atoms with Crippen LogP contribution in [0.2, 0.25) is 0 Å². The molecule has 7 heteroatoms. The number of rotatable bonds is 6. The normalized spacial score (nSPS) is 17.0.